The molecule has 0 aromatic carbocycles. The summed E-state index contributed by atoms with van der Waals surface area (Å²) < 4.78 is 5.16. The van der Waals surface area contributed by atoms with E-state index in [2.05, 4.69) is 21.6 Å². The van der Waals surface area contributed by atoms with Crippen LogP contribution in [0, 0.1) is 0 Å². The number of likely N-dealkylation sites (tertiary alicyclic amines) is 1. The zero-order valence-electron chi connectivity index (χ0n) is 13.5. The predicted molar refractivity (Wildman–Crippen MR) is 84.4 cm³/mol. The minimum Gasteiger partial charge on any atom is -0.444 e. The first-order chi connectivity index (χ1) is 9.94. The number of rotatable bonds is 6. The predicted octanol–water partition coefficient (Wildman–Crippen LogP) is 1.89. The van der Waals surface area contributed by atoms with Gasteiger partial charge in [-0.15, -0.1) is 0 Å². The lowest BCUT2D eigenvalue weighted by Gasteiger charge is -2.19. The normalized spacial score (nSPS) is 23.7. The molecule has 1 aliphatic heterocycles. The van der Waals surface area contributed by atoms with Crippen LogP contribution in [-0.2, 0) is 4.74 Å². The Hall–Kier alpha value is -1.07. The van der Waals surface area contributed by atoms with Crippen LogP contribution < -0.4 is 10.6 Å². The molecule has 2 rings (SSSR count). The number of amides is 1. The lowest BCUT2D eigenvalue weighted by molar-refractivity contribution is 0.0534. The van der Waals surface area contributed by atoms with Crippen LogP contribution >= 0.6 is 0 Å². The van der Waals surface area contributed by atoms with E-state index >= 15 is 0 Å². The minimum absolute atomic E-state index is 0.365. The molecule has 2 fully saturated rings. The maximum atomic E-state index is 11.4. The Morgan fingerprint density at radius 2 is 1.95 bits per heavy atom. The van der Waals surface area contributed by atoms with E-state index in [0.717, 1.165) is 12.6 Å². The fraction of sp³-hybridized carbons (Fsp3) is 0.812. The standard InChI is InChI=1S/C16H29N3O2/c1-16(2,3)21-15(20)18-10-5-4-9-17-13-8-11-19(12-13)14-6-7-14/h4-5,13-14,17H,6-12H2,1-3H3,(H,18,20)/b5-4+. The first kappa shape index (κ1) is 16.3. The van der Waals surface area contributed by atoms with Crippen molar-refractivity contribution in [1.82, 2.24) is 15.5 Å². The maximum Gasteiger partial charge on any atom is 0.407 e. The fourth-order valence-corrected chi connectivity index (χ4v) is 2.58. The van der Waals surface area contributed by atoms with Gasteiger partial charge in [-0.2, -0.15) is 0 Å². The Bertz CT molecular complexity index is 372. The minimum atomic E-state index is -0.439. The van der Waals surface area contributed by atoms with E-state index in [0.29, 0.717) is 12.6 Å². The van der Waals surface area contributed by atoms with Crippen LogP contribution in [0.2, 0.25) is 0 Å². The summed E-state index contributed by atoms with van der Waals surface area (Å²) in [6, 6.07) is 1.50. The molecule has 2 N–H and O–H groups in total. The molecular formula is C16H29N3O2. The number of hydrogen-bond donors (Lipinski definition) is 2. The number of hydrogen-bond acceptors (Lipinski definition) is 4. The van der Waals surface area contributed by atoms with Gasteiger partial charge in [0.1, 0.15) is 5.60 Å². The molecular weight excluding hydrogens is 266 g/mol. The lowest BCUT2D eigenvalue weighted by atomic mass is 10.2. The summed E-state index contributed by atoms with van der Waals surface area (Å²) >= 11 is 0. The summed E-state index contributed by atoms with van der Waals surface area (Å²) in [5.41, 5.74) is -0.439. The van der Waals surface area contributed by atoms with E-state index in [1.54, 1.807) is 0 Å². The molecule has 1 saturated carbocycles. The van der Waals surface area contributed by atoms with Crippen LogP contribution in [0.25, 0.3) is 0 Å². The van der Waals surface area contributed by atoms with Crippen LogP contribution in [0.4, 0.5) is 4.79 Å². The number of carbonyl (C=O) groups excluding carboxylic acids is 1. The first-order valence-electron chi connectivity index (χ1n) is 8.03. The van der Waals surface area contributed by atoms with Crippen LogP contribution in [0.3, 0.4) is 0 Å². The van der Waals surface area contributed by atoms with E-state index < -0.39 is 5.60 Å². The van der Waals surface area contributed by atoms with Crippen molar-refractivity contribution in [1.29, 1.82) is 0 Å². The molecule has 5 nitrogen and oxygen atoms in total. The van der Waals surface area contributed by atoms with Crippen molar-refractivity contribution in [2.24, 2.45) is 0 Å². The first-order valence-corrected chi connectivity index (χ1v) is 8.03. The molecule has 0 bridgehead atoms. The third-order valence-corrected chi connectivity index (χ3v) is 3.74. The van der Waals surface area contributed by atoms with Gasteiger partial charge in [-0.3, -0.25) is 4.90 Å². The zero-order valence-corrected chi connectivity index (χ0v) is 13.5. The second kappa shape index (κ2) is 7.27. The van der Waals surface area contributed by atoms with Gasteiger partial charge in [-0.1, -0.05) is 12.2 Å². The summed E-state index contributed by atoms with van der Waals surface area (Å²) in [4.78, 5) is 14.0. The molecule has 0 spiro atoms. The third-order valence-electron chi connectivity index (χ3n) is 3.74. The van der Waals surface area contributed by atoms with Crippen molar-refractivity contribution < 1.29 is 9.53 Å². The van der Waals surface area contributed by atoms with Crippen molar-refractivity contribution in [2.45, 2.75) is 57.7 Å². The van der Waals surface area contributed by atoms with Crippen molar-refractivity contribution in [3.05, 3.63) is 12.2 Å². The highest BCUT2D eigenvalue weighted by Gasteiger charge is 2.33. The zero-order chi connectivity index (χ0) is 15.3. The molecule has 120 valence electrons. The van der Waals surface area contributed by atoms with Gasteiger partial charge >= 0.3 is 6.09 Å². The van der Waals surface area contributed by atoms with E-state index in [1.165, 1.54) is 32.4 Å². The van der Waals surface area contributed by atoms with Crippen molar-refractivity contribution in [3.8, 4) is 0 Å². The Labute approximate surface area is 128 Å². The second-order valence-corrected chi connectivity index (χ2v) is 6.97. The molecule has 1 aliphatic carbocycles. The molecule has 0 aromatic rings. The van der Waals surface area contributed by atoms with E-state index in [1.807, 2.05) is 26.8 Å². The number of carbonyl (C=O) groups is 1. The van der Waals surface area contributed by atoms with Gasteiger partial charge < -0.3 is 15.4 Å². The Balaban J connectivity index is 1.50. The van der Waals surface area contributed by atoms with Gasteiger partial charge in [0.15, 0.2) is 0 Å². The molecule has 1 amide bonds. The molecule has 1 heterocycles. The van der Waals surface area contributed by atoms with Gasteiger partial charge in [0.25, 0.3) is 0 Å². The highest BCUT2D eigenvalue weighted by atomic mass is 16.6. The van der Waals surface area contributed by atoms with Crippen LogP contribution in [0.5, 0.6) is 0 Å². The van der Waals surface area contributed by atoms with Crippen LogP contribution in [0.15, 0.2) is 12.2 Å². The van der Waals surface area contributed by atoms with Crippen LogP contribution in [-0.4, -0.2) is 54.9 Å². The molecule has 21 heavy (non-hydrogen) atoms. The largest absolute Gasteiger partial charge is 0.444 e. The van der Waals surface area contributed by atoms with Gasteiger partial charge in [-0.05, 0) is 40.0 Å². The topological polar surface area (TPSA) is 53.6 Å². The van der Waals surface area contributed by atoms with Crippen molar-refractivity contribution in [3.63, 3.8) is 0 Å². The van der Waals surface area contributed by atoms with Gasteiger partial charge in [0.2, 0.25) is 0 Å². The highest BCUT2D eigenvalue weighted by molar-refractivity contribution is 5.67. The average molecular weight is 295 g/mol. The molecule has 5 heteroatoms. The van der Waals surface area contributed by atoms with E-state index in [4.69, 9.17) is 4.74 Å². The van der Waals surface area contributed by atoms with Crippen molar-refractivity contribution >= 4 is 6.09 Å². The quantitative estimate of drug-likeness (QED) is 0.735. The molecule has 0 radical (unpaired) electrons. The Morgan fingerprint density at radius 3 is 2.62 bits per heavy atom. The van der Waals surface area contributed by atoms with E-state index in [9.17, 15) is 4.79 Å². The molecule has 0 aromatic heterocycles. The number of nitrogens with one attached hydrogen (secondary N) is 2. The lowest BCUT2D eigenvalue weighted by Crippen LogP contribution is -2.33. The van der Waals surface area contributed by atoms with Gasteiger partial charge in [0.05, 0.1) is 0 Å². The Morgan fingerprint density at radius 1 is 1.24 bits per heavy atom. The molecule has 1 saturated heterocycles. The number of alkyl carbamates (subject to hydrolysis) is 1. The van der Waals surface area contributed by atoms with E-state index in [-0.39, 0.29) is 6.09 Å². The summed E-state index contributed by atoms with van der Waals surface area (Å²) in [6.07, 6.45) is 7.70. The summed E-state index contributed by atoms with van der Waals surface area (Å²) in [5.74, 6) is 0. The Kier molecular flexibility index (Phi) is 5.65. The molecule has 1 unspecified atom stereocenters. The molecule has 2 aliphatic rings. The smallest absolute Gasteiger partial charge is 0.407 e. The van der Waals surface area contributed by atoms with Crippen molar-refractivity contribution in [2.75, 3.05) is 26.2 Å². The SMILES string of the molecule is CC(C)(C)OC(=O)NC/C=C/CNC1CCN(C2CC2)C1. The maximum absolute atomic E-state index is 11.4. The monoisotopic (exact) mass is 295 g/mol. The fourth-order valence-electron chi connectivity index (χ4n) is 2.58. The van der Waals surface area contributed by atoms with Gasteiger partial charge in [0, 0.05) is 38.3 Å². The number of ether oxygens (including phenoxy) is 1. The summed E-state index contributed by atoms with van der Waals surface area (Å²) in [5, 5.41) is 6.26. The second-order valence-electron chi connectivity index (χ2n) is 6.97. The van der Waals surface area contributed by atoms with Gasteiger partial charge in [-0.25, -0.2) is 4.79 Å². The highest BCUT2D eigenvalue weighted by Crippen LogP contribution is 2.29. The molecule has 1 atom stereocenters. The van der Waals surface area contributed by atoms with Crippen LogP contribution in [0.1, 0.15) is 40.0 Å². The summed E-state index contributed by atoms with van der Waals surface area (Å²) in [7, 11) is 0. The third kappa shape index (κ3) is 6.48. The number of nitrogens with zero attached hydrogens (tertiary/aromatic N) is 1. The summed E-state index contributed by atoms with van der Waals surface area (Å²) in [6.45, 7) is 9.38. The average Bonchev–Trinajstić information content (AvgIpc) is 3.12.